The smallest absolute Gasteiger partial charge is 0.273 e. The summed E-state index contributed by atoms with van der Waals surface area (Å²) in [5, 5.41) is 23.7. The van der Waals surface area contributed by atoms with Crippen LogP contribution in [0.3, 0.4) is 0 Å². The molecule has 128 valence electrons. The molecule has 1 unspecified atom stereocenters. The second-order valence-electron chi connectivity index (χ2n) is 5.20. The van der Waals surface area contributed by atoms with Crippen LogP contribution in [0.1, 0.15) is 5.56 Å². The molecule has 1 atom stereocenters. The number of nitro groups is 1. The number of aliphatic hydroxyl groups is 1. The van der Waals surface area contributed by atoms with Gasteiger partial charge >= 0.3 is 0 Å². The van der Waals surface area contributed by atoms with Crippen LogP contribution in [-0.2, 0) is 6.54 Å². The Kier molecular flexibility index (Phi) is 6.53. The van der Waals surface area contributed by atoms with Crippen molar-refractivity contribution in [2.45, 2.75) is 12.6 Å². The molecule has 0 heterocycles. The molecule has 0 radical (unpaired) electrons. The Labute approximate surface area is 140 Å². The third kappa shape index (κ3) is 5.53. The van der Waals surface area contributed by atoms with Gasteiger partial charge in [0, 0.05) is 19.2 Å². The number of methoxy groups -OCH3 is 1. The average molecular weight is 332 g/mol. The predicted molar refractivity (Wildman–Crippen MR) is 89.3 cm³/mol. The van der Waals surface area contributed by atoms with E-state index >= 15 is 0 Å². The number of benzene rings is 2. The maximum atomic E-state index is 10.7. The number of hydrogen-bond donors (Lipinski definition) is 2. The summed E-state index contributed by atoms with van der Waals surface area (Å²) in [5.41, 5.74) is 0.999. The van der Waals surface area contributed by atoms with E-state index in [4.69, 9.17) is 9.47 Å². The maximum absolute atomic E-state index is 10.7. The number of hydrogen-bond acceptors (Lipinski definition) is 6. The van der Waals surface area contributed by atoms with Crippen molar-refractivity contribution in [1.82, 2.24) is 5.32 Å². The van der Waals surface area contributed by atoms with Crippen molar-refractivity contribution in [3.8, 4) is 11.5 Å². The molecule has 0 aromatic heterocycles. The van der Waals surface area contributed by atoms with Crippen LogP contribution in [0.4, 0.5) is 5.69 Å². The first-order chi connectivity index (χ1) is 11.6. The molecule has 0 spiro atoms. The summed E-state index contributed by atoms with van der Waals surface area (Å²) in [6, 6.07) is 13.5. The minimum Gasteiger partial charge on any atom is -0.497 e. The highest BCUT2D eigenvalue weighted by Gasteiger charge is 2.09. The number of rotatable bonds is 9. The molecule has 2 rings (SSSR count). The highest BCUT2D eigenvalue weighted by molar-refractivity contribution is 5.37. The summed E-state index contributed by atoms with van der Waals surface area (Å²) in [7, 11) is 1.61. The molecule has 0 aliphatic carbocycles. The van der Waals surface area contributed by atoms with Crippen LogP contribution in [0.2, 0.25) is 0 Å². The lowest BCUT2D eigenvalue weighted by Crippen LogP contribution is -2.31. The summed E-state index contributed by atoms with van der Waals surface area (Å²) in [5.74, 6) is 1.14. The van der Waals surface area contributed by atoms with Crippen LogP contribution < -0.4 is 14.8 Å². The van der Waals surface area contributed by atoms with Gasteiger partial charge in [-0.25, -0.2) is 0 Å². The standard InChI is InChI=1S/C17H20N2O5/c1-23-16-6-2-4-13(8-16)10-18-11-15(20)12-24-17-7-3-5-14(9-17)19(21)22/h2-9,15,18,20H,10-12H2,1H3. The Hall–Kier alpha value is -2.64. The highest BCUT2D eigenvalue weighted by atomic mass is 16.6. The van der Waals surface area contributed by atoms with Crippen LogP contribution in [0, 0.1) is 10.1 Å². The molecule has 0 bridgehead atoms. The van der Waals surface area contributed by atoms with Crippen molar-refractivity contribution in [3.05, 3.63) is 64.2 Å². The highest BCUT2D eigenvalue weighted by Crippen LogP contribution is 2.19. The third-order valence-electron chi connectivity index (χ3n) is 3.31. The number of nitrogens with zero attached hydrogens (tertiary/aromatic N) is 1. The van der Waals surface area contributed by atoms with E-state index < -0.39 is 11.0 Å². The van der Waals surface area contributed by atoms with Gasteiger partial charge in [0.2, 0.25) is 0 Å². The fourth-order valence-electron chi connectivity index (χ4n) is 2.10. The van der Waals surface area contributed by atoms with E-state index in [0.29, 0.717) is 18.8 Å². The Morgan fingerprint density at radius 2 is 1.96 bits per heavy atom. The van der Waals surface area contributed by atoms with Crippen LogP contribution in [0.5, 0.6) is 11.5 Å². The molecule has 2 N–H and O–H groups in total. The van der Waals surface area contributed by atoms with E-state index in [1.807, 2.05) is 24.3 Å². The van der Waals surface area contributed by atoms with Gasteiger partial charge in [-0.05, 0) is 23.8 Å². The van der Waals surface area contributed by atoms with Crippen molar-refractivity contribution in [2.24, 2.45) is 0 Å². The molecule has 0 aliphatic heterocycles. The zero-order valence-electron chi connectivity index (χ0n) is 13.3. The van der Waals surface area contributed by atoms with Crippen molar-refractivity contribution < 1.29 is 19.5 Å². The van der Waals surface area contributed by atoms with Gasteiger partial charge in [0.05, 0.1) is 18.1 Å². The predicted octanol–water partition coefficient (Wildman–Crippen LogP) is 2.13. The molecule has 0 aliphatic rings. The first-order valence-corrected chi connectivity index (χ1v) is 7.47. The normalized spacial score (nSPS) is 11.8. The lowest BCUT2D eigenvalue weighted by atomic mass is 10.2. The lowest BCUT2D eigenvalue weighted by Gasteiger charge is -2.13. The van der Waals surface area contributed by atoms with Crippen LogP contribution in [0.25, 0.3) is 0 Å². The molecule has 7 nitrogen and oxygen atoms in total. The maximum Gasteiger partial charge on any atom is 0.273 e. The largest absolute Gasteiger partial charge is 0.497 e. The van der Waals surface area contributed by atoms with Gasteiger partial charge in [-0.1, -0.05) is 18.2 Å². The molecule has 24 heavy (non-hydrogen) atoms. The molecule has 7 heteroatoms. The SMILES string of the molecule is COc1cccc(CNCC(O)COc2cccc([N+](=O)[O-])c2)c1. The Morgan fingerprint density at radius 1 is 1.21 bits per heavy atom. The summed E-state index contributed by atoms with van der Waals surface area (Å²) in [6.07, 6.45) is -0.727. The van der Waals surface area contributed by atoms with E-state index in [-0.39, 0.29) is 12.3 Å². The first kappa shape index (κ1) is 17.7. The van der Waals surface area contributed by atoms with Crippen molar-refractivity contribution in [2.75, 3.05) is 20.3 Å². The van der Waals surface area contributed by atoms with Gasteiger partial charge < -0.3 is 19.9 Å². The Bertz CT molecular complexity index is 678. The zero-order valence-corrected chi connectivity index (χ0v) is 13.3. The Morgan fingerprint density at radius 3 is 2.71 bits per heavy atom. The third-order valence-corrected chi connectivity index (χ3v) is 3.31. The van der Waals surface area contributed by atoms with Gasteiger partial charge in [0.1, 0.15) is 24.2 Å². The number of non-ortho nitro benzene ring substituents is 1. The fraction of sp³-hybridized carbons (Fsp3) is 0.294. The van der Waals surface area contributed by atoms with Gasteiger partial charge in [-0.3, -0.25) is 10.1 Å². The van der Waals surface area contributed by atoms with Crippen LogP contribution in [-0.4, -0.2) is 36.4 Å². The Balaban J connectivity index is 1.74. The summed E-state index contributed by atoms with van der Waals surface area (Å²) >= 11 is 0. The number of ether oxygens (including phenoxy) is 2. The molecular formula is C17H20N2O5. The molecule has 0 amide bonds. The first-order valence-electron chi connectivity index (χ1n) is 7.47. The number of aliphatic hydroxyl groups excluding tert-OH is 1. The van der Waals surface area contributed by atoms with Gasteiger partial charge in [0.15, 0.2) is 0 Å². The lowest BCUT2D eigenvalue weighted by molar-refractivity contribution is -0.384. The minimum atomic E-state index is -0.727. The number of nitro benzene ring substituents is 1. The molecule has 2 aromatic rings. The second kappa shape index (κ2) is 8.85. The van der Waals surface area contributed by atoms with Crippen LogP contribution >= 0.6 is 0 Å². The molecule has 0 saturated carbocycles. The quantitative estimate of drug-likeness (QED) is 0.540. The number of nitrogens with one attached hydrogen (secondary N) is 1. The van der Waals surface area contributed by atoms with E-state index in [1.165, 1.54) is 12.1 Å². The van der Waals surface area contributed by atoms with E-state index in [1.54, 1.807) is 19.2 Å². The van der Waals surface area contributed by atoms with E-state index in [2.05, 4.69) is 5.32 Å². The van der Waals surface area contributed by atoms with Gasteiger partial charge in [0.25, 0.3) is 5.69 Å². The van der Waals surface area contributed by atoms with Crippen molar-refractivity contribution >= 4 is 5.69 Å². The van der Waals surface area contributed by atoms with Crippen molar-refractivity contribution in [1.29, 1.82) is 0 Å². The average Bonchev–Trinajstić information content (AvgIpc) is 2.60. The van der Waals surface area contributed by atoms with E-state index in [0.717, 1.165) is 11.3 Å². The summed E-state index contributed by atoms with van der Waals surface area (Å²) in [4.78, 5) is 10.2. The summed E-state index contributed by atoms with van der Waals surface area (Å²) in [6.45, 7) is 0.976. The monoisotopic (exact) mass is 332 g/mol. The van der Waals surface area contributed by atoms with Gasteiger partial charge in [-0.2, -0.15) is 0 Å². The zero-order chi connectivity index (χ0) is 17.4. The van der Waals surface area contributed by atoms with Crippen LogP contribution in [0.15, 0.2) is 48.5 Å². The molecular weight excluding hydrogens is 312 g/mol. The van der Waals surface area contributed by atoms with Crippen molar-refractivity contribution in [3.63, 3.8) is 0 Å². The molecule has 0 fully saturated rings. The minimum absolute atomic E-state index is 0.0434. The molecule has 2 aromatic carbocycles. The molecule has 0 saturated heterocycles. The van der Waals surface area contributed by atoms with Gasteiger partial charge in [-0.15, -0.1) is 0 Å². The van der Waals surface area contributed by atoms with E-state index in [9.17, 15) is 15.2 Å². The summed E-state index contributed by atoms with van der Waals surface area (Å²) < 4.78 is 10.5. The second-order valence-corrected chi connectivity index (χ2v) is 5.20. The topological polar surface area (TPSA) is 93.9 Å². The fourth-order valence-corrected chi connectivity index (χ4v) is 2.10.